The Labute approximate surface area is 146 Å². The van der Waals surface area contributed by atoms with Crippen molar-refractivity contribution < 1.29 is 18.7 Å². The van der Waals surface area contributed by atoms with Crippen molar-refractivity contribution in [3.8, 4) is 5.75 Å². The Hall–Kier alpha value is -1.37. The lowest BCUT2D eigenvalue weighted by Gasteiger charge is -2.35. The van der Waals surface area contributed by atoms with Crippen LogP contribution in [0.15, 0.2) is 18.2 Å². The molecular formula is C17H22ClFN2O3. The van der Waals surface area contributed by atoms with E-state index < -0.39 is 5.82 Å². The van der Waals surface area contributed by atoms with Gasteiger partial charge in [-0.25, -0.2) is 4.39 Å². The lowest BCUT2D eigenvalue weighted by molar-refractivity contribution is -0.135. The lowest BCUT2D eigenvalue weighted by Crippen LogP contribution is -2.51. The standard InChI is InChI=1S/C17H22ClFN2O3/c18-15-10-13(19)3-4-16(15)24-12-17(22)21-7-5-20(6-8-21)11-14-2-1-9-23-14/h3-4,10,14H,1-2,5-9,11-12H2. The number of halogens is 2. The predicted octanol–water partition coefficient (Wildman–Crippen LogP) is 2.18. The number of amides is 1. The highest BCUT2D eigenvalue weighted by Crippen LogP contribution is 2.24. The minimum Gasteiger partial charge on any atom is -0.482 e. The Morgan fingerprint density at radius 2 is 2.12 bits per heavy atom. The molecule has 0 saturated carbocycles. The molecule has 0 N–H and O–H groups in total. The third-order valence-corrected chi connectivity index (χ3v) is 4.75. The van der Waals surface area contributed by atoms with Gasteiger partial charge < -0.3 is 14.4 Å². The summed E-state index contributed by atoms with van der Waals surface area (Å²) in [6.45, 7) is 4.80. The number of hydrogen-bond donors (Lipinski definition) is 0. The van der Waals surface area contributed by atoms with Crippen LogP contribution in [0.2, 0.25) is 5.02 Å². The summed E-state index contributed by atoms with van der Waals surface area (Å²) >= 11 is 5.89. The van der Waals surface area contributed by atoms with E-state index in [1.807, 2.05) is 0 Å². The van der Waals surface area contributed by atoms with Gasteiger partial charge in [-0.15, -0.1) is 0 Å². The van der Waals surface area contributed by atoms with Gasteiger partial charge in [-0.1, -0.05) is 11.6 Å². The first kappa shape index (κ1) is 17.5. The van der Waals surface area contributed by atoms with Gasteiger partial charge >= 0.3 is 0 Å². The average Bonchev–Trinajstić information content (AvgIpc) is 3.07. The van der Waals surface area contributed by atoms with Crippen molar-refractivity contribution in [3.05, 3.63) is 29.0 Å². The van der Waals surface area contributed by atoms with Crippen LogP contribution >= 0.6 is 11.6 Å². The van der Waals surface area contributed by atoms with E-state index in [0.717, 1.165) is 39.1 Å². The summed E-state index contributed by atoms with van der Waals surface area (Å²) in [5.41, 5.74) is 0. The minimum atomic E-state index is -0.430. The van der Waals surface area contributed by atoms with E-state index in [9.17, 15) is 9.18 Å². The average molecular weight is 357 g/mol. The van der Waals surface area contributed by atoms with Crippen LogP contribution in [0.25, 0.3) is 0 Å². The molecule has 1 atom stereocenters. The molecule has 2 aliphatic rings. The van der Waals surface area contributed by atoms with Crippen molar-refractivity contribution in [2.24, 2.45) is 0 Å². The Balaban J connectivity index is 1.41. The summed E-state index contributed by atoms with van der Waals surface area (Å²) < 4.78 is 24.1. The van der Waals surface area contributed by atoms with Crippen LogP contribution in [0.3, 0.4) is 0 Å². The largest absolute Gasteiger partial charge is 0.482 e. The first-order valence-electron chi connectivity index (χ1n) is 8.31. The summed E-state index contributed by atoms with van der Waals surface area (Å²) in [5, 5.41) is 0.171. The molecule has 132 valence electrons. The summed E-state index contributed by atoms with van der Waals surface area (Å²) in [4.78, 5) is 16.4. The Kier molecular flexibility index (Phi) is 5.92. The fraction of sp³-hybridized carbons (Fsp3) is 0.588. The number of rotatable bonds is 5. The molecule has 0 aliphatic carbocycles. The summed E-state index contributed by atoms with van der Waals surface area (Å²) in [6.07, 6.45) is 2.62. The van der Waals surface area contributed by atoms with Gasteiger partial charge in [0.05, 0.1) is 11.1 Å². The van der Waals surface area contributed by atoms with Crippen molar-refractivity contribution in [1.82, 2.24) is 9.80 Å². The highest BCUT2D eigenvalue weighted by molar-refractivity contribution is 6.32. The van der Waals surface area contributed by atoms with E-state index in [0.29, 0.717) is 24.9 Å². The molecule has 0 bridgehead atoms. The first-order chi connectivity index (χ1) is 11.6. The molecule has 7 heteroatoms. The van der Waals surface area contributed by atoms with Gasteiger partial charge in [0.1, 0.15) is 11.6 Å². The minimum absolute atomic E-state index is 0.0767. The Morgan fingerprint density at radius 3 is 2.79 bits per heavy atom. The summed E-state index contributed by atoms with van der Waals surface area (Å²) in [5.74, 6) is -0.184. The van der Waals surface area contributed by atoms with Crippen LogP contribution in [0.1, 0.15) is 12.8 Å². The van der Waals surface area contributed by atoms with E-state index in [1.54, 1.807) is 4.90 Å². The third-order valence-electron chi connectivity index (χ3n) is 4.46. The van der Waals surface area contributed by atoms with Crippen LogP contribution in [-0.4, -0.2) is 67.7 Å². The number of carbonyl (C=O) groups excluding carboxylic acids is 1. The van der Waals surface area contributed by atoms with Crippen LogP contribution in [-0.2, 0) is 9.53 Å². The maximum absolute atomic E-state index is 13.0. The SMILES string of the molecule is O=C(COc1ccc(F)cc1Cl)N1CCN(CC2CCCO2)CC1. The fourth-order valence-corrected chi connectivity index (χ4v) is 3.30. The topological polar surface area (TPSA) is 42.0 Å². The molecule has 1 aromatic rings. The summed E-state index contributed by atoms with van der Waals surface area (Å²) in [7, 11) is 0. The van der Waals surface area contributed by atoms with Gasteiger partial charge in [-0.2, -0.15) is 0 Å². The lowest BCUT2D eigenvalue weighted by atomic mass is 10.2. The molecular weight excluding hydrogens is 335 g/mol. The van der Waals surface area contributed by atoms with E-state index in [2.05, 4.69) is 4.90 Å². The van der Waals surface area contributed by atoms with Crippen LogP contribution < -0.4 is 4.74 Å². The van der Waals surface area contributed by atoms with Gasteiger partial charge in [0.15, 0.2) is 6.61 Å². The monoisotopic (exact) mass is 356 g/mol. The normalized spacial score (nSPS) is 21.9. The molecule has 24 heavy (non-hydrogen) atoms. The predicted molar refractivity (Wildman–Crippen MR) is 88.9 cm³/mol. The molecule has 2 saturated heterocycles. The Morgan fingerprint density at radius 1 is 1.33 bits per heavy atom. The Bertz CT molecular complexity index is 573. The molecule has 1 aromatic carbocycles. The molecule has 0 radical (unpaired) electrons. The number of piperazine rings is 1. The van der Waals surface area contributed by atoms with Crippen LogP contribution in [0, 0.1) is 5.82 Å². The molecule has 0 spiro atoms. The molecule has 2 aliphatic heterocycles. The molecule has 1 amide bonds. The molecule has 5 nitrogen and oxygen atoms in total. The van der Waals surface area contributed by atoms with Crippen LogP contribution in [0.5, 0.6) is 5.75 Å². The van der Waals surface area contributed by atoms with E-state index >= 15 is 0 Å². The summed E-state index contributed by atoms with van der Waals surface area (Å²) in [6, 6.07) is 3.87. The van der Waals surface area contributed by atoms with E-state index in [-0.39, 0.29) is 17.5 Å². The van der Waals surface area contributed by atoms with Crippen molar-refractivity contribution in [3.63, 3.8) is 0 Å². The smallest absolute Gasteiger partial charge is 0.260 e. The molecule has 2 heterocycles. The van der Waals surface area contributed by atoms with Crippen molar-refractivity contribution in [1.29, 1.82) is 0 Å². The number of ether oxygens (including phenoxy) is 2. The maximum atomic E-state index is 13.0. The fourth-order valence-electron chi connectivity index (χ4n) is 3.08. The molecule has 1 unspecified atom stereocenters. The van der Waals surface area contributed by atoms with Gasteiger partial charge in [0.2, 0.25) is 0 Å². The highest BCUT2D eigenvalue weighted by atomic mass is 35.5. The number of nitrogens with zero attached hydrogens (tertiary/aromatic N) is 2. The zero-order valence-corrected chi connectivity index (χ0v) is 14.3. The second-order valence-electron chi connectivity index (χ2n) is 6.18. The zero-order chi connectivity index (χ0) is 16.9. The molecule has 2 fully saturated rings. The quantitative estimate of drug-likeness (QED) is 0.811. The number of benzene rings is 1. The van der Waals surface area contributed by atoms with Gasteiger partial charge in [0.25, 0.3) is 5.91 Å². The van der Waals surface area contributed by atoms with Crippen LogP contribution in [0.4, 0.5) is 4.39 Å². The van der Waals surface area contributed by atoms with Crippen molar-refractivity contribution in [2.75, 3.05) is 45.9 Å². The second-order valence-corrected chi connectivity index (χ2v) is 6.59. The zero-order valence-electron chi connectivity index (χ0n) is 13.5. The maximum Gasteiger partial charge on any atom is 0.260 e. The van der Waals surface area contributed by atoms with Crippen molar-refractivity contribution in [2.45, 2.75) is 18.9 Å². The number of carbonyl (C=O) groups is 1. The second kappa shape index (κ2) is 8.14. The van der Waals surface area contributed by atoms with Gasteiger partial charge in [-0.3, -0.25) is 9.69 Å². The highest BCUT2D eigenvalue weighted by Gasteiger charge is 2.25. The molecule has 3 rings (SSSR count). The first-order valence-corrected chi connectivity index (χ1v) is 8.69. The van der Waals surface area contributed by atoms with E-state index in [1.165, 1.54) is 18.2 Å². The van der Waals surface area contributed by atoms with Gasteiger partial charge in [-0.05, 0) is 31.0 Å². The number of hydrogen-bond acceptors (Lipinski definition) is 4. The van der Waals surface area contributed by atoms with Gasteiger partial charge in [0, 0.05) is 39.3 Å². The van der Waals surface area contributed by atoms with Crippen molar-refractivity contribution >= 4 is 17.5 Å². The molecule has 0 aromatic heterocycles. The third kappa shape index (κ3) is 4.59. The van der Waals surface area contributed by atoms with E-state index in [4.69, 9.17) is 21.1 Å².